The topological polar surface area (TPSA) is 69.9 Å². The van der Waals surface area contributed by atoms with Crippen molar-refractivity contribution >= 4 is 17.6 Å². The van der Waals surface area contributed by atoms with E-state index in [1.807, 2.05) is 18.3 Å². The fraction of sp³-hybridized carbons (Fsp3) is 0.545. The third-order valence-corrected chi connectivity index (χ3v) is 4.85. The summed E-state index contributed by atoms with van der Waals surface area (Å²) in [6.45, 7) is 14.2. The van der Waals surface area contributed by atoms with Crippen LogP contribution in [0.15, 0.2) is 24.4 Å². The van der Waals surface area contributed by atoms with E-state index in [1.54, 1.807) is 11.6 Å². The smallest absolute Gasteiger partial charge is 0.267 e. The summed E-state index contributed by atoms with van der Waals surface area (Å²) in [5.74, 6) is -0.548. The van der Waals surface area contributed by atoms with Crippen LogP contribution < -0.4 is 5.48 Å². The Morgan fingerprint density at radius 1 is 1.36 bits per heavy atom. The standard InChI is InChI=1S/C22H34N4O2/c1-6-8-18-19(16-25(7-2)14-12-22(3,4)5)26-13-11-17(15-20(26)23-18)9-10-21(27)24-28/h9-11,13,15,28H,6-8,12,14,16H2,1-5H3,(H,24,27). The number of fused-ring (bicyclic) bond motifs is 1. The van der Waals surface area contributed by atoms with Gasteiger partial charge in [0.15, 0.2) is 0 Å². The predicted octanol–water partition coefficient (Wildman–Crippen LogP) is 4.06. The highest BCUT2D eigenvalue weighted by atomic mass is 16.5. The Morgan fingerprint density at radius 3 is 2.71 bits per heavy atom. The molecule has 6 heteroatoms. The molecular formula is C22H34N4O2. The lowest BCUT2D eigenvalue weighted by Crippen LogP contribution is -2.28. The summed E-state index contributed by atoms with van der Waals surface area (Å²) in [5.41, 5.74) is 6.07. The van der Waals surface area contributed by atoms with Crippen molar-refractivity contribution in [3.05, 3.63) is 41.4 Å². The van der Waals surface area contributed by atoms with E-state index in [-0.39, 0.29) is 0 Å². The Kier molecular flexibility index (Phi) is 7.78. The van der Waals surface area contributed by atoms with Gasteiger partial charge in [-0.2, -0.15) is 0 Å². The Hall–Kier alpha value is -2.18. The van der Waals surface area contributed by atoms with Gasteiger partial charge in [-0.3, -0.25) is 14.9 Å². The van der Waals surface area contributed by atoms with Crippen LogP contribution in [0.25, 0.3) is 11.7 Å². The van der Waals surface area contributed by atoms with E-state index in [2.05, 4.69) is 43.9 Å². The van der Waals surface area contributed by atoms with E-state index >= 15 is 0 Å². The number of hydrogen-bond acceptors (Lipinski definition) is 4. The molecule has 0 atom stereocenters. The van der Waals surface area contributed by atoms with Gasteiger partial charge in [-0.05, 0) is 55.1 Å². The molecule has 0 spiro atoms. The molecule has 0 aliphatic carbocycles. The van der Waals surface area contributed by atoms with Crippen LogP contribution in [0.2, 0.25) is 0 Å². The minimum atomic E-state index is -0.548. The van der Waals surface area contributed by atoms with Crippen LogP contribution in [-0.4, -0.2) is 38.5 Å². The summed E-state index contributed by atoms with van der Waals surface area (Å²) in [6, 6.07) is 3.93. The second-order valence-electron chi connectivity index (χ2n) is 8.43. The van der Waals surface area contributed by atoms with E-state index in [1.165, 1.54) is 11.8 Å². The number of carbonyl (C=O) groups excluding carboxylic acids is 1. The summed E-state index contributed by atoms with van der Waals surface area (Å²) in [6.07, 6.45) is 8.14. The van der Waals surface area contributed by atoms with Crippen LogP contribution in [-0.2, 0) is 17.8 Å². The number of hydroxylamine groups is 1. The van der Waals surface area contributed by atoms with Gasteiger partial charge in [0.05, 0.1) is 11.4 Å². The highest BCUT2D eigenvalue weighted by molar-refractivity contribution is 5.90. The average molecular weight is 387 g/mol. The molecule has 2 aromatic rings. The highest BCUT2D eigenvalue weighted by Crippen LogP contribution is 2.22. The first-order chi connectivity index (χ1) is 13.3. The minimum absolute atomic E-state index is 0.321. The number of hydrogen-bond donors (Lipinski definition) is 2. The molecule has 154 valence electrons. The zero-order valence-corrected chi connectivity index (χ0v) is 17.8. The molecule has 0 saturated heterocycles. The maximum atomic E-state index is 11.2. The number of amides is 1. The number of pyridine rings is 1. The molecule has 1 amide bonds. The molecule has 6 nitrogen and oxygen atoms in total. The molecule has 0 aliphatic rings. The molecule has 0 unspecified atom stereocenters. The van der Waals surface area contributed by atoms with Crippen LogP contribution in [0.1, 0.15) is 64.4 Å². The number of imidazole rings is 1. The summed E-state index contributed by atoms with van der Waals surface area (Å²) in [4.78, 5) is 18.5. The number of aryl methyl sites for hydroxylation is 1. The van der Waals surface area contributed by atoms with Crippen LogP contribution in [0.5, 0.6) is 0 Å². The van der Waals surface area contributed by atoms with Gasteiger partial charge >= 0.3 is 0 Å². The summed E-state index contributed by atoms with van der Waals surface area (Å²) < 4.78 is 2.16. The van der Waals surface area contributed by atoms with Gasteiger partial charge in [0.2, 0.25) is 0 Å². The van der Waals surface area contributed by atoms with Gasteiger partial charge in [-0.15, -0.1) is 0 Å². The van der Waals surface area contributed by atoms with Gasteiger partial charge in [0, 0.05) is 18.8 Å². The Labute approximate surface area is 168 Å². The molecule has 2 rings (SSSR count). The lowest BCUT2D eigenvalue weighted by molar-refractivity contribution is -0.124. The summed E-state index contributed by atoms with van der Waals surface area (Å²) in [7, 11) is 0. The van der Waals surface area contributed by atoms with Gasteiger partial charge in [0.1, 0.15) is 5.65 Å². The molecule has 0 radical (unpaired) electrons. The van der Waals surface area contributed by atoms with Crippen molar-refractivity contribution in [1.82, 2.24) is 19.8 Å². The third-order valence-electron chi connectivity index (χ3n) is 4.85. The molecule has 0 bridgehead atoms. The zero-order valence-electron chi connectivity index (χ0n) is 17.8. The molecule has 0 fully saturated rings. The van der Waals surface area contributed by atoms with Crippen molar-refractivity contribution in [1.29, 1.82) is 0 Å². The van der Waals surface area contributed by atoms with Crippen molar-refractivity contribution in [2.24, 2.45) is 5.41 Å². The van der Waals surface area contributed by atoms with Gasteiger partial charge in [0.25, 0.3) is 5.91 Å². The number of rotatable bonds is 9. The maximum Gasteiger partial charge on any atom is 0.267 e. The maximum absolute atomic E-state index is 11.2. The van der Waals surface area contributed by atoms with E-state index < -0.39 is 5.91 Å². The Morgan fingerprint density at radius 2 is 2.11 bits per heavy atom. The van der Waals surface area contributed by atoms with Crippen LogP contribution in [0.4, 0.5) is 0 Å². The molecular weight excluding hydrogens is 352 g/mol. The number of nitrogens with zero attached hydrogens (tertiary/aromatic N) is 3. The first-order valence-corrected chi connectivity index (χ1v) is 10.1. The van der Waals surface area contributed by atoms with Crippen molar-refractivity contribution in [3.8, 4) is 0 Å². The number of nitrogens with one attached hydrogen (secondary N) is 1. The van der Waals surface area contributed by atoms with Crippen molar-refractivity contribution in [3.63, 3.8) is 0 Å². The molecule has 0 aromatic carbocycles. The molecule has 2 heterocycles. The zero-order chi connectivity index (χ0) is 20.7. The monoisotopic (exact) mass is 386 g/mol. The average Bonchev–Trinajstić information content (AvgIpc) is 2.98. The van der Waals surface area contributed by atoms with Gasteiger partial charge in [-0.1, -0.05) is 41.0 Å². The van der Waals surface area contributed by atoms with E-state index in [0.717, 1.165) is 55.8 Å². The first kappa shape index (κ1) is 22.1. The van der Waals surface area contributed by atoms with E-state index in [0.29, 0.717) is 5.41 Å². The minimum Gasteiger partial charge on any atom is -0.302 e. The van der Waals surface area contributed by atoms with Crippen molar-refractivity contribution < 1.29 is 10.0 Å². The number of aromatic nitrogens is 2. The van der Waals surface area contributed by atoms with Crippen molar-refractivity contribution in [2.45, 2.75) is 60.4 Å². The normalized spacial score (nSPS) is 12.4. The second-order valence-corrected chi connectivity index (χ2v) is 8.43. The summed E-state index contributed by atoms with van der Waals surface area (Å²) >= 11 is 0. The molecule has 0 aliphatic heterocycles. The fourth-order valence-corrected chi connectivity index (χ4v) is 3.13. The van der Waals surface area contributed by atoms with Crippen LogP contribution in [0, 0.1) is 5.41 Å². The van der Waals surface area contributed by atoms with E-state index in [4.69, 9.17) is 10.2 Å². The number of carbonyl (C=O) groups is 1. The molecule has 2 aromatic heterocycles. The Bertz CT molecular complexity index is 818. The van der Waals surface area contributed by atoms with Crippen LogP contribution >= 0.6 is 0 Å². The summed E-state index contributed by atoms with van der Waals surface area (Å²) in [5, 5.41) is 8.61. The Balaban J connectivity index is 2.31. The quantitative estimate of drug-likeness (QED) is 0.387. The largest absolute Gasteiger partial charge is 0.302 e. The third kappa shape index (κ3) is 6.17. The van der Waals surface area contributed by atoms with Gasteiger partial charge < -0.3 is 4.40 Å². The molecule has 0 saturated carbocycles. The van der Waals surface area contributed by atoms with Crippen LogP contribution in [0.3, 0.4) is 0 Å². The molecule has 2 N–H and O–H groups in total. The van der Waals surface area contributed by atoms with Gasteiger partial charge in [-0.25, -0.2) is 10.5 Å². The first-order valence-electron chi connectivity index (χ1n) is 10.1. The fourth-order valence-electron chi connectivity index (χ4n) is 3.13. The molecule has 28 heavy (non-hydrogen) atoms. The predicted molar refractivity (Wildman–Crippen MR) is 113 cm³/mol. The lowest BCUT2D eigenvalue weighted by atomic mass is 9.92. The SMILES string of the molecule is CCCc1nc2cc(C=CC(=O)NO)ccn2c1CN(CC)CCC(C)(C)C. The van der Waals surface area contributed by atoms with E-state index in [9.17, 15) is 4.79 Å². The lowest BCUT2D eigenvalue weighted by Gasteiger charge is -2.26. The van der Waals surface area contributed by atoms with Crippen molar-refractivity contribution in [2.75, 3.05) is 13.1 Å². The second kappa shape index (κ2) is 9.85. The highest BCUT2D eigenvalue weighted by Gasteiger charge is 2.17.